The van der Waals surface area contributed by atoms with Crippen LogP contribution in [0.25, 0.3) is 0 Å². The molecule has 0 spiro atoms. The third kappa shape index (κ3) is 4.36. The van der Waals surface area contributed by atoms with Crippen molar-refractivity contribution < 1.29 is 9.59 Å². The van der Waals surface area contributed by atoms with E-state index >= 15 is 0 Å². The Bertz CT molecular complexity index is 577. The van der Waals surface area contributed by atoms with Crippen molar-refractivity contribution in [2.75, 3.05) is 26.2 Å². The zero-order valence-corrected chi connectivity index (χ0v) is 14.6. The Morgan fingerprint density at radius 1 is 1.12 bits per heavy atom. The van der Waals surface area contributed by atoms with Gasteiger partial charge >= 0.3 is 0 Å². The van der Waals surface area contributed by atoms with Gasteiger partial charge in [-0.05, 0) is 51.0 Å². The topological polar surface area (TPSA) is 58.4 Å². The average molecular weight is 332 g/mol. The summed E-state index contributed by atoms with van der Waals surface area (Å²) in [6.45, 7) is 5.71. The van der Waals surface area contributed by atoms with Gasteiger partial charge in [0.1, 0.15) is 6.54 Å². The second-order valence-electron chi connectivity index (χ2n) is 7.13. The second kappa shape index (κ2) is 7.81. The molecule has 2 aliphatic rings. The molecular formula is C18H28N4O2. The SMILES string of the molecule is Cc1ccn(CC(=O)N2CCCC(CCC(=O)N3CCCC3)C2)n1. The van der Waals surface area contributed by atoms with E-state index in [2.05, 4.69) is 5.10 Å². The molecule has 1 unspecified atom stereocenters. The Morgan fingerprint density at radius 3 is 2.58 bits per heavy atom. The first-order chi connectivity index (χ1) is 11.6. The fourth-order valence-electron chi connectivity index (χ4n) is 3.77. The highest BCUT2D eigenvalue weighted by Crippen LogP contribution is 2.22. The van der Waals surface area contributed by atoms with Crippen LogP contribution in [0, 0.1) is 12.8 Å². The summed E-state index contributed by atoms with van der Waals surface area (Å²) in [6.07, 6.45) is 7.83. The van der Waals surface area contributed by atoms with Gasteiger partial charge in [0.05, 0.1) is 5.69 Å². The van der Waals surface area contributed by atoms with Crippen molar-refractivity contribution in [2.45, 2.75) is 52.0 Å². The van der Waals surface area contributed by atoms with Crippen LogP contribution in [0.15, 0.2) is 12.3 Å². The van der Waals surface area contributed by atoms with E-state index in [0.717, 1.165) is 64.0 Å². The molecule has 0 bridgehead atoms. The number of nitrogens with zero attached hydrogens (tertiary/aromatic N) is 4. The molecule has 0 aromatic carbocycles. The summed E-state index contributed by atoms with van der Waals surface area (Å²) in [5.74, 6) is 0.880. The van der Waals surface area contributed by atoms with Gasteiger partial charge in [-0.3, -0.25) is 14.3 Å². The molecule has 24 heavy (non-hydrogen) atoms. The van der Waals surface area contributed by atoms with E-state index in [1.54, 1.807) is 4.68 Å². The normalized spacial score (nSPS) is 21.3. The van der Waals surface area contributed by atoms with Crippen LogP contribution in [0.3, 0.4) is 0 Å². The van der Waals surface area contributed by atoms with E-state index in [1.807, 2.05) is 29.0 Å². The van der Waals surface area contributed by atoms with Crippen LogP contribution < -0.4 is 0 Å². The molecule has 0 aliphatic carbocycles. The van der Waals surface area contributed by atoms with Crippen LogP contribution >= 0.6 is 0 Å². The summed E-state index contributed by atoms with van der Waals surface area (Å²) in [5, 5.41) is 4.29. The largest absolute Gasteiger partial charge is 0.343 e. The van der Waals surface area contributed by atoms with Crippen LogP contribution in [0.4, 0.5) is 0 Å². The van der Waals surface area contributed by atoms with E-state index in [1.165, 1.54) is 0 Å². The van der Waals surface area contributed by atoms with Gasteiger partial charge in [-0.2, -0.15) is 5.10 Å². The molecule has 1 aromatic heterocycles. The number of amides is 2. The monoisotopic (exact) mass is 332 g/mol. The minimum Gasteiger partial charge on any atom is -0.343 e. The first kappa shape index (κ1) is 17.0. The molecule has 6 nitrogen and oxygen atoms in total. The molecule has 2 fully saturated rings. The van der Waals surface area contributed by atoms with Crippen LogP contribution in [0.5, 0.6) is 0 Å². The number of piperidine rings is 1. The average Bonchev–Trinajstić information content (AvgIpc) is 3.25. The van der Waals surface area contributed by atoms with Crippen LogP contribution in [-0.4, -0.2) is 57.6 Å². The predicted octanol–water partition coefficient (Wildman–Crippen LogP) is 1.83. The molecule has 2 aliphatic heterocycles. The molecule has 0 N–H and O–H groups in total. The van der Waals surface area contributed by atoms with Crippen LogP contribution in [-0.2, 0) is 16.1 Å². The Morgan fingerprint density at radius 2 is 1.88 bits per heavy atom. The molecule has 0 saturated carbocycles. The third-order valence-corrected chi connectivity index (χ3v) is 5.17. The van der Waals surface area contributed by atoms with Gasteiger partial charge in [0, 0.05) is 38.8 Å². The fraction of sp³-hybridized carbons (Fsp3) is 0.722. The molecule has 3 rings (SSSR count). The number of aromatic nitrogens is 2. The summed E-state index contributed by atoms with van der Waals surface area (Å²) in [5.41, 5.74) is 0.930. The summed E-state index contributed by atoms with van der Waals surface area (Å²) < 4.78 is 1.71. The number of aryl methyl sites for hydroxylation is 1. The van der Waals surface area contributed by atoms with Gasteiger partial charge in [0.2, 0.25) is 11.8 Å². The maximum atomic E-state index is 12.5. The minimum absolute atomic E-state index is 0.133. The smallest absolute Gasteiger partial charge is 0.244 e. The van der Waals surface area contributed by atoms with Gasteiger partial charge in [-0.15, -0.1) is 0 Å². The van der Waals surface area contributed by atoms with Gasteiger partial charge in [0.25, 0.3) is 0 Å². The zero-order valence-electron chi connectivity index (χ0n) is 14.6. The summed E-state index contributed by atoms with van der Waals surface area (Å²) in [6, 6.07) is 1.91. The number of rotatable bonds is 5. The van der Waals surface area contributed by atoms with Crippen molar-refractivity contribution in [3.8, 4) is 0 Å². The summed E-state index contributed by atoms with van der Waals surface area (Å²) in [4.78, 5) is 28.6. The summed E-state index contributed by atoms with van der Waals surface area (Å²) >= 11 is 0. The number of likely N-dealkylation sites (tertiary alicyclic amines) is 2. The van der Waals surface area contributed by atoms with E-state index in [-0.39, 0.29) is 5.91 Å². The number of carbonyl (C=O) groups is 2. The maximum absolute atomic E-state index is 12.5. The molecule has 3 heterocycles. The Hall–Kier alpha value is -1.85. The molecule has 6 heteroatoms. The third-order valence-electron chi connectivity index (χ3n) is 5.17. The molecule has 2 saturated heterocycles. The predicted molar refractivity (Wildman–Crippen MR) is 91.3 cm³/mol. The zero-order chi connectivity index (χ0) is 16.9. The minimum atomic E-state index is 0.133. The summed E-state index contributed by atoms with van der Waals surface area (Å²) in [7, 11) is 0. The molecule has 1 atom stereocenters. The van der Waals surface area contributed by atoms with Crippen LogP contribution in [0.2, 0.25) is 0 Å². The van der Waals surface area contributed by atoms with Crippen molar-refractivity contribution in [2.24, 2.45) is 5.92 Å². The number of hydrogen-bond donors (Lipinski definition) is 0. The van der Waals surface area contributed by atoms with Crippen molar-refractivity contribution in [3.05, 3.63) is 18.0 Å². The highest BCUT2D eigenvalue weighted by molar-refractivity contribution is 5.77. The lowest BCUT2D eigenvalue weighted by Gasteiger charge is -2.33. The number of carbonyl (C=O) groups excluding carboxylic acids is 2. The van der Waals surface area contributed by atoms with Crippen LogP contribution in [0.1, 0.15) is 44.2 Å². The molecule has 2 amide bonds. The maximum Gasteiger partial charge on any atom is 0.244 e. The molecular weight excluding hydrogens is 304 g/mol. The van der Waals surface area contributed by atoms with Gasteiger partial charge < -0.3 is 9.80 Å². The van der Waals surface area contributed by atoms with E-state index in [9.17, 15) is 9.59 Å². The molecule has 0 radical (unpaired) electrons. The Labute approximate surface area is 143 Å². The lowest BCUT2D eigenvalue weighted by atomic mass is 9.93. The first-order valence-electron chi connectivity index (χ1n) is 9.17. The van der Waals surface area contributed by atoms with Gasteiger partial charge in [-0.1, -0.05) is 0 Å². The Kier molecular flexibility index (Phi) is 5.53. The first-order valence-corrected chi connectivity index (χ1v) is 9.17. The quantitative estimate of drug-likeness (QED) is 0.826. The van der Waals surface area contributed by atoms with Crippen molar-refractivity contribution in [3.63, 3.8) is 0 Å². The lowest BCUT2D eigenvalue weighted by Crippen LogP contribution is -2.42. The molecule has 1 aromatic rings. The molecule has 132 valence electrons. The standard InChI is InChI=1S/C18H28N4O2/c1-15-8-12-22(19-15)14-18(24)21-11-4-5-16(13-21)6-7-17(23)20-9-2-3-10-20/h8,12,16H,2-7,9-11,13-14H2,1H3. The second-order valence-corrected chi connectivity index (χ2v) is 7.13. The lowest BCUT2D eigenvalue weighted by molar-refractivity contribution is -0.134. The van der Waals surface area contributed by atoms with Gasteiger partial charge in [-0.25, -0.2) is 0 Å². The Balaban J connectivity index is 1.45. The highest BCUT2D eigenvalue weighted by Gasteiger charge is 2.25. The van der Waals surface area contributed by atoms with E-state index in [4.69, 9.17) is 0 Å². The van der Waals surface area contributed by atoms with Crippen molar-refractivity contribution in [1.29, 1.82) is 0 Å². The van der Waals surface area contributed by atoms with Gasteiger partial charge in [0.15, 0.2) is 0 Å². The number of hydrogen-bond acceptors (Lipinski definition) is 3. The van der Waals surface area contributed by atoms with Crippen molar-refractivity contribution in [1.82, 2.24) is 19.6 Å². The van der Waals surface area contributed by atoms with Crippen molar-refractivity contribution >= 4 is 11.8 Å². The van der Waals surface area contributed by atoms with E-state index < -0.39 is 0 Å². The highest BCUT2D eigenvalue weighted by atomic mass is 16.2. The van der Waals surface area contributed by atoms with E-state index in [0.29, 0.717) is 24.8 Å². The fourth-order valence-corrected chi connectivity index (χ4v) is 3.77.